The Hall–Kier alpha value is -2.26. The van der Waals surface area contributed by atoms with Crippen LogP contribution in [-0.2, 0) is 20.9 Å². The monoisotopic (exact) mass is 451 g/mol. The van der Waals surface area contributed by atoms with Crippen LogP contribution in [0, 0.1) is 5.92 Å². The number of amides is 1. The molecule has 1 saturated carbocycles. The average Bonchev–Trinajstić information content (AvgIpc) is 3.05. The van der Waals surface area contributed by atoms with E-state index in [0.29, 0.717) is 38.5 Å². The molecule has 0 bridgehead atoms. The summed E-state index contributed by atoms with van der Waals surface area (Å²) >= 11 is 0. The number of nitrogens with zero attached hydrogens (tertiary/aromatic N) is 1. The Labute approximate surface area is 175 Å². The topological polar surface area (TPSA) is 46.6 Å². The number of ether oxygens (including phenoxy) is 1. The van der Waals surface area contributed by atoms with Crippen molar-refractivity contribution in [1.82, 2.24) is 4.90 Å². The number of alkyl halides is 6. The Kier molecular flexibility index (Phi) is 6.57. The Balaban J connectivity index is 1.79. The number of carbonyl (C=O) groups is 2. The molecule has 1 spiro atoms. The van der Waals surface area contributed by atoms with E-state index < -0.39 is 42.3 Å². The van der Waals surface area contributed by atoms with Gasteiger partial charge in [-0.1, -0.05) is 36.8 Å². The molecule has 1 saturated heterocycles. The van der Waals surface area contributed by atoms with Crippen LogP contribution in [0.2, 0.25) is 0 Å². The number of carbonyl (C=O) groups excluding carboxylic acids is 2. The summed E-state index contributed by atoms with van der Waals surface area (Å²) in [7, 11) is 0. The predicted molar refractivity (Wildman–Crippen MR) is 97.5 cm³/mol. The summed E-state index contributed by atoms with van der Waals surface area (Å²) in [5, 5.41) is 0. The van der Waals surface area contributed by atoms with Gasteiger partial charge >= 0.3 is 18.3 Å². The summed E-state index contributed by atoms with van der Waals surface area (Å²) in [6, 6.07) is 9.13. The highest BCUT2D eigenvalue weighted by atomic mass is 19.4. The van der Waals surface area contributed by atoms with Gasteiger partial charge < -0.3 is 9.64 Å². The minimum absolute atomic E-state index is 0.126. The fraction of sp³-hybridized carbons (Fsp3) is 0.619. The molecule has 0 aromatic heterocycles. The lowest BCUT2D eigenvalue weighted by molar-refractivity contribution is -0.313. The largest absolute Gasteiger partial charge is 0.443 e. The maximum Gasteiger partial charge on any atom is 0.434 e. The van der Waals surface area contributed by atoms with Crippen LogP contribution < -0.4 is 0 Å². The molecule has 1 aliphatic heterocycles. The number of likely N-dealkylation sites (tertiary alicyclic amines) is 1. The third-order valence-corrected chi connectivity index (χ3v) is 6.20. The molecule has 2 fully saturated rings. The Morgan fingerprint density at radius 1 is 1.06 bits per heavy atom. The molecule has 4 nitrogen and oxygen atoms in total. The van der Waals surface area contributed by atoms with Crippen LogP contribution in [0.25, 0.3) is 0 Å². The summed E-state index contributed by atoms with van der Waals surface area (Å²) in [5.74, 6) is -2.24. The smallest absolute Gasteiger partial charge is 0.434 e. The van der Waals surface area contributed by atoms with Crippen LogP contribution in [-0.4, -0.2) is 40.8 Å². The zero-order chi connectivity index (χ0) is 22.9. The van der Waals surface area contributed by atoms with Crippen molar-refractivity contribution in [3.63, 3.8) is 0 Å². The second kappa shape index (κ2) is 8.70. The first-order valence-electron chi connectivity index (χ1n) is 10.1. The molecular formula is C21H23F6NO3. The van der Waals surface area contributed by atoms with Crippen molar-refractivity contribution in [2.45, 2.75) is 75.5 Å². The van der Waals surface area contributed by atoms with Crippen LogP contribution in [0.4, 0.5) is 26.3 Å². The molecule has 1 heterocycles. The number of hydrogen-bond donors (Lipinski definition) is 0. The van der Waals surface area contributed by atoms with Gasteiger partial charge in [-0.3, -0.25) is 9.59 Å². The quantitative estimate of drug-likeness (QED) is 0.459. The second-order valence-electron chi connectivity index (χ2n) is 8.17. The van der Waals surface area contributed by atoms with E-state index in [1.54, 1.807) is 4.90 Å². The lowest BCUT2D eigenvalue weighted by Crippen LogP contribution is -2.56. The molecule has 2 aliphatic rings. The summed E-state index contributed by atoms with van der Waals surface area (Å²) in [6.07, 6.45) is -13.2. The highest BCUT2D eigenvalue weighted by Gasteiger charge is 2.60. The van der Waals surface area contributed by atoms with E-state index in [-0.39, 0.29) is 12.5 Å². The molecule has 0 N–H and O–H groups in total. The van der Waals surface area contributed by atoms with Gasteiger partial charge in [0.15, 0.2) is 0 Å². The molecule has 172 valence electrons. The number of esters is 1. The van der Waals surface area contributed by atoms with Gasteiger partial charge in [-0.25, -0.2) is 0 Å². The molecule has 1 aliphatic carbocycles. The van der Waals surface area contributed by atoms with Crippen molar-refractivity contribution >= 4 is 11.9 Å². The standard InChI is InChI=1S/C21H23F6NO3/c22-20(23,24)18(21(25,26)27)31-17(30)12-15-8-4-10-19(15)11-5-9-16(29)28(19)13-14-6-2-1-3-7-14/h1-3,6-7,15,18H,4-5,8-13H2/t15-,19-/m1/s1. The molecular weight excluding hydrogens is 428 g/mol. The van der Waals surface area contributed by atoms with Crippen molar-refractivity contribution in [3.05, 3.63) is 35.9 Å². The Morgan fingerprint density at radius 2 is 1.68 bits per heavy atom. The van der Waals surface area contributed by atoms with Crippen LogP contribution in [0.5, 0.6) is 0 Å². The van der Waals surface area contributed by atoms with Gasteiger partial charge in [0.2, 0.25) is 5.91 Å². The Morgan fingerprint density at radius 3 is 2.29 bits per heavy atom. The molecule has 10 heteroatoms. The van der Waals surface area contributed by atoms with Crippen molar-refractivity contribution in [1.29, 1.82) is 0 Å². The molecule has 1 amide bonds. The van der Waals surface area contributed by atoms with E-state index in [1.165, 1.54) is 0 Å². The van der Waals surface area contributed by atoms with Gasteiger partial charge in [-0.2, -0.15) is 26.3 Å². The zero-order valence-electron chi connectivity index (χ0n) is 16.6. The van der Waals surface area contributed by atoms with Crippen LogP contribution >= 0.6 is 0 Å². The SMILES string of the molecule is O=C(C[C@H]1CCC[C@@]12CCCC(=O)N2Cc1ccccc1)OC(C(F)(F)F)C(F)(F)F. The zero-order valence-corrected chi connectivity index (χ0v) is 16.6. The van der Waals surface area contributed by atoms with E-state index in [0.717, 1.165) is 5.56 Å². The summed E-state index contributed by atoms with van der Waals surface area (Å²) < 4.78 is 80.3. The number of hydrogen-bond acceptors (Lipinski definition) is 3. The van der Waals surface area contributed by atoms with Crippen LogP contribution in [0.15, 0.2) is 30.3 Å². The summed E-state index contributed by atoms with van der Waals surface area (Å²) in [5.41, 5.74) is 0.0930. The number of piperidine rings is 1. The van der Waals surface area contributed by atoms with Gasteiger partial charge in [0.1, 0.15) is 0 Å². The van der Waals surface area contributed by atoms with Gasteiger partial charge in [-0.15, -0.1) is 0 Å². The Bertz CT molecular complexity index is 781. The second-order valence-corrected chi connectivity index (χ2v) is 8.17. The van der Waals surface area contributed by atoms with Gasteiger partial charge in [0, 0.05) is 18.5 Å². The van der Waals surface area contributed by atoms with Crippen LogP contribution in [0.3, 0.4) is 0 Å². The molecule has 0 unspecified atom stereocenters. The first-order valence-corrected chi connectivity index (χ1v) is 10.1. The first-order chi connectivity index (χ1) is 14.4. The molecule has 1 aromatic rings. The number of rotatable bonds is 5. The summed E-state index contributed by atoms with van der Waals surface area (Å²) in [6.45, 7) is 0.277. The lowest BCUT2D eigenvalue weighted by Gasteiger charge is -2.48. The van der Waals surface area contributed by atoms with E-state index in [9.17, 15) is 35.9 Å². The number of halogens is 6. The lowest BCUT2D eigenvalue weighted by atomic mass is 9.76. The highest BCUT2D eigenvalue weighted by molar-refractivity contribution is 5.78. The number of benzene rings is 1. The predicted octanol–water partition coefficient (Wildman–Crippen LogP) is 5.16. The molecule has 3 rings (SSSR count). The van der Waals surface area contributed by atoms with E-state index in [1.807, 2.05) is 30.3 Å². The van der Waals surface area contributed by atoms with Crippen molar-refractivity contribution < 1.29 is 40.7 Å². The van der Waals surface area contributed by atoms with Gasteiger partial charge in [-0.05, 0) is 37.2 Å². The van der Waals surface area contributed by atoms with E-state index in [4.69, 9.17) is 0 Å². The van der Waals surface area contributed by atoms with Crippen LogP contribution in [0.1, 0.15) is 50.5 Å². The average molecular weight is 451 g/mol. The normalized spacial score (nSPS) is 24.8. The fourth-order valence-electron chi connectivity index (χ4n) is 4.88. The maximum absolute atomic E-state index is 12.7. The van der Waals surface area contributed by atoms with Gasteiger partial charge in [0.05, 0.1) is 6.42 Å². The summed E-state index contributed by atoms with van der Waals surface area (Å²) in [4.78, 5) is 26.6. The molecule has 1 aromatic carbocycles. The van der Waals surface area contributed by atoms with Gasteiger partial charge in [0.25, 0.3) is 6.10 Å². The van der Waals surface area contributed by atoms with E-state index in [2.05, 4.69) is 4.74 Å². The van der Waals surface area contributed by atoms with E-state index >= 15 is 0 Å². The molecule has 31 heavy (non-hydrogen) atoms. The van der Waals surface area contributed by atoms with Crippen molar-refractivity contribution in [2.24, 2.45) is 5.92 Å². The fourth-order valence-corrected chi connectivity index (χ4v) is 4.88. The third kappa shape index (κ3) is 5.15. The minimum Gasteiger partial charge on any atom is -0.443 e. The first kappa shape index (κ1) is 23.4. The molecule has 0 radical (unpaired) electrons. The maximum atomic E-state index is 12.7. The molecule has 2 atom stereocenters. The third-order valence-electron chi connectivity index (χ3n) is 6.20. The van der Waals surface area contributed by atoms with Crippen molar-refractivity contribution in [3.8, 4) is 0 Å². The highest BCUT2D eigenvalue weighted by Crippen LogP contribution is 2.49. The van der Waals surface area contributed by atoms with Crippen molar-refractivity contribution in [2.75, 3.05) is 0 Å². The minimum atomic E-state index is -5.75.